The number of rotatable bonds is 2. The maximum atomic E-state index is 12.4. The van der Waals surface area contributed by atoms with E-state index in [1.807, 2.05) is 21.7 Å². The van der Waals surface area contributed by atoms with Crippen LogP contribution in [0, 0.1) is 0 Å². The van der Waals surface area contributed by atoms with Crippen molar-refractivity contribution in [1.29, 1.82) is 0 Å². The third-order valence-electron chi connectivity index (χ3n) is 3.89. The van der Waals surface area contributed by atoms with E-state index in [0.29, 0.717) is 6.54 Å². The summed E-state index contributed by atoms with van der Waals surface area (Å²) in [6.45, 7) is 4.02. The number of benzene rings is 1. The molecule has 0 atom stereocenters. The van der Waals surface area contributed by atoms with Crippen molar-refractivity contribution in [2.24, 2.45) is 0 Å². The van der Waals surface area contributed by atoms with E-state index in [4.69, 9.17) is 0 Å². The maximum absolute atomic E-state index is 12.4. The number of halogens is 1. The van der Waals surface area contributed by atoms with E-state index < -0.39 is 0 Å². The molecule has 1 saturated heterocycles. The highest BCUT2D eigenvalue weighted by molar-refractivity contribution is 9.10. The number of amides is 1. The number of hydrogen-bond acceptors (Lipinski definition) is 2. The van der Waals surface area contributed by atoms with E-state index in [0.717, 1.165) is 41.6 Å². The second kappa shape index (κ2) is 5.58. The van der Waals surface area contributed by atoms with E-state index in [1.165, 1.54) is 0 Å². The Labute approximate surface area is 127 Å². The van der Waals surface area contributed by atoms with Crippen LogP contribution in [-0.4, -0.2) is 53.5 Å². The van der Waals surface area contributed by atoms with Gasteiger partial charge in [0.1, 0.15) is 6.54 Å². The number of likely N-dealkylation sites (N-methyl/N-ethyl adjacent to an activating group) is 1. The number of carbonyl (C=O) groups excluding carboxylic acids is 1. The first kappa shape index (κ1) is 13.6. The van der Waals surface area contributed by atoms with E-state index >= 15 is 0 Å². The van der Waals surface area contributed by atoms with E-state index in [1.54, 1.807) is 0 Å². The minimum absolute atomic E-state index is 0.207. The van der Waals surface area contributed by atoms with Gasteiger partial charge in [-0.25, -0.2) is 0 Å². The van der Waals surface area contributed by atoms with Gasteiger partial charge in [-0.15, -0.1) is 0 Å². The first-order valence-electron chi connectivity index (χ1n) is 6.84. The molecule has 4 nitrogen and oxygen atoms in total. The second-order valence-corrected chi connectivity index (χ2v) is 6.25. The molecule has 1 aliphatic heterocycles. The lowest BCUT2D eigenvalue weighted by Gasteiger charge is -2.32. The predicted octanol–water partition coefficient (Wildman–Crippen LogP) is 2.18. The van der Waals surface area contributed by atoms with Gasteiger partial charge >= 0.3 is 0 Å². The fourth-order valence-electron chi connectivity index (χ4n) is 2.61. The molecule has 0 bridgehead atoms. The van der Waals surface area contributed by atoms with Crippen molar-refractivity contribution < 1.29 is 4.79 Å². The monoisotopic (exact) mass is 335 g/mol. The molecule has 2 heterocycles. The van der Waals surface area contributed by atoms with E-state index in [9.17, 15) is 4.79 Å². The molecule has 0 aliphatic carbocycles. The van der Waals surface area contributed by atoms with Crippen molar-refractivity contribution in [2.75, 3.05) is 33.2 Å². The number of carbonyl (C=O) groups is 1. The summed E-state index contributed by atoms with van der Waals surface area (Å²) in [5.74, 6) is 0.207. The summed E-state index contributed by atoms with van der Waals surface area (Å²) in [5.41, 5.74) is 1.11. The molecule has 0 spiro atoms. The van der Waals surface area contributed by atoms with Gasteiger partial charge in [-0.3, -0.25) is 4.79 Å². The fraction of sp³-hybridized carbons (Fsp3) is 0.400. The zero-order chi connectivity index (χ0) is 14.1. The number of aromatic nitrogens is 1. The van der Waals surface area contributed by atoms with Crippen LogP contribution < -0.4 is 0 Å². The molecule has 0 unspecified atom stereocenters. The lowest BCUT2D eigenvalue weighted by atomic mass is 10.2. The van der Waals surface area contributed by atoms with Crippen molar-refractivity contribution in [1.82, 2.24) is 14.4 Å². The van der Waals surface area contributed by atoms with Gasteiger partial charge in [0.05, 0.1) is 0 Å². The maximum Gasteiger partial charge on any atom is 0.242 e. The van der Waals surface area contributed by atoms with Crippen LogP contribution >= 0.6 is 15.9 Å². The van der Waals surface area contributed by atoms with Crippen molar-refractivity contribution in [3.05, 3.63) is 34.9 Å². The van der Waals surface area contributed by atoms with Crippen LogP contribution in [0.4, 0.5) is 0 Å². The van der Waals surface area contributed by atoms with Crippen LogP contribution in [0.2, 0.25) is 0 Å². The summed E-state index contributed by atoms with van der Waals surface area (Å²) in [6, 6.07) is 8.19. The van der Waals surface area contributed by atoms with Crippen LogP contribution in [0.3, 0.4) is 0 Å². The highest BCUT2D eigenvalue weighted by Gasteiger charge is 2.19. The lowest BCUT2D eigenvalue weighted by molar-refractivity contribution is -0.133. The Kier molecular flexibility index (Phi) is 3.81. The van der Waals surface area contributed by atoms with Crippen LogP contribution in [0.5, 0.6) is 0 Å². The van der Waals surface area contributed by atoms with Crippen molar-refractivity contribution in [3.63, 3.8) is 0 Å². The molecule has 1 amide bonds. The lowest BCUT2D eigenvalue weighted by Crippen LogP contribution is -2.48. The Balaban J connectivity index is 1.74. The summed E-state index contributed by atoms with van der Waals surface area (Å²) in [4.78, 5) is 16.6. The molecule has 1 fully saturated rings. The van der Waals surface area contributed by atoms with Crippen molar-refractivity contribution in [3.8, 4) is 0 Å². The SMILES string of the molecule is CN1CCN(C(=O)Cn2ccc3cc(Br)ccc32)CC1. The van der Waals surface area contributed by atoms with Gasteiger partial charge < -0.3 is 14.4 Å². The normalized spacial score (nSPS) is 16.8. The highest BCUT2D eigenvalue weighted by Crippen LogP contribution is 2.21. The number of piperazine rings is 1. The average Bonchev–Trinajstić information content (AvgIpc) is 2.81. The first-order chi connectivity index (χ1) is 9.63. The third kappa shape index (κ3) is 2.74. The van der Waals surface area contributed by atoms with Gasteiger partial charge in [0.15, 0.2) is 0 Å². The Morgan fingerprint density at radius 2 is 1.95 bits per heavy atom. The molecule has 1 aliphatic rings. The molecule has 0 saturated carbocycles. The number of fused-ring (bicyclic) bond motifs is 1. The molecular formula is C15H18BrN3O. The molecule has 106 valence electrons. The minimum atomic E-state index is 0.207. The molecule has 3 rings (SSSR count). The highest BCUT2D eigenvalue weighted by atomic mass is 79.9. The molecule has 1 aromatic heterocycles. The zero-order valence-corrected chi connectivity index (χ0v) is 13.1. The van der Waals surface area contributed by atoms with Crippen LogP contribution in [0.25, 0.3) is 10.9 Å². The minimum Gasteiger partial charge on any atom is -0.339 e. The summed E-state index contributed by atoms with van der Waals surface area (Å²) < 4.78 is 3.09. The summed E-state index contributed by atoms with van der Waals surface area (Å²) >= 11 is 3.47. The van der Waals surface area contributed by atoms with Crippen molar-refractivity contribution in [2.45, 2.75) is 6.54 Å². The Morgan fingerprint density at radius 3 is 2.70 bits per heavy atom. The van der Waals surface area contributed by atoms with Crippen LogP contribution in [0.15, 0.2) is 34.9 Å². The van der Waals surface area contributed by atoms with Gasteiger partial charge in [0, 0.05) is 47.8 Å². The van der Waals surface area contributed by atoms with Crippen LogP contribution in [0.1, 0.15) is 0 Å². The Hall–Kier alpha value is -1.33. The Morgan fingerprint density at radius 1 is 1.20 bits per heavy atom. The molecule has 0 radical (unpaired) electrons. The van der Waals surface area contributed by atoms with E-state index in [2.05, 4.69) is 46.1 Å². The number of nitrogens with zero attached hydrogens (tertiary/aromatic N) is 3. The number of hydrogen-bond donors (Lipinski definition) is 0. The molecule has 5 heteroatoms. The summed E-state index contributed by atoms with van der Waals surface area (Å²) in [7, 11) is 2.10. The summed E-state index contributed by atoms with van der Waals surface area (Å²) in [6.07, 6.45) is 1.99. The van der Waals surface area contributed by atoms with E-state index in [-0.39, 0.29) is 5.91 Å². The largest absolute Gasteiger partial charge is 0.339 e. The molecular weight excluding hydrogens is 318 g/mol. The molecule has 1 aromatic carbocycles. The predicted molar refractivity (Wildman–Crippen MR) is 83.7 cm³/mol. The third-order valence-corrected chi connectivity index (χ3v) is 4.39. The van der Waals surface area contributed by atoms with Gasteiger partial charge in [-0.05, 0) is 31.3 Å². The second-order valence-electron chi connectivity index (χ2n) is 5.33. The van der Waals surface area contributed by atoms with Gasteiger partial charge in [-0.2, -0.15) is 0 Å². The van der Waals surface area contributed by atoms with Crippen molar-refractivity contribution >= 4 is 32.7 Å². The van der Waals surface area contributed by atoms with Gasteiger partial charge in [0.2, 0.25) is 5.91 Å². The zero-order valence-electron chi connectivity index (χ0n) is 11.6. The average molecular weight is 336 g/mol. The fourth-order valence-corrected chi connectivity index (χ4v) is 2.99. The quantitative estimate of drug-likeness (QED) is 0.841. The smallest absolute Gasteiger partial charge is 0.242 e. The first-order valence-corrected chi connectivity index (χ1v) is 7.63. The summed E-state index contributed by atoms with van der Waals surface area (Å²) in [5, 5.41) is 1.16. The standard InChI is InChI=1S/C15H18BrN3O/c1-17-6-8-18(9-7-17)15(20)11-19-5-4-12-10-13(16)2-3-14(12)19/h2-5,10H,6-9,11H2,1H3. The van der Waals surface area contributed by atoms with Crippen LogP contribution in [-0.2, 0) is 11.3 Å². The topological polar surface area (TPSA) is 28.5 Å². The molecule has 2 aromatic rings. The van der Waals surface area contributed by atoms with Gasteiger partial charge in [-0.1, -0.05) is 15.9 Å². The Bertz CT molecular complexity index is 629. The molecule has 0 N–H and O–H groups in total. The molecule has 20 heavy (non-hydrogen) atoms. The van der Waals surface area contributed by atoms with Gasteiger partial charge in [0.25, 0.3) is 0 Å².